The normalized spacial score (nSPS) is 16.6. The summed E-state index contributed by atoms with van der Waals surface area (Å²) in [7, 11) is 0. The third-order valence-corrected chi connectivity index (χ3v) is 1.72. The van der Waals surface area contributed by atoms with Gasteiger partial charge in [0.25, 0.3) is 0 Å². The Balaban J connectivity index is 0. The number of Topliss-reactive ketones (excluding diaryl/α,β-unsaturated/α-hetero) is 1. The molecule has 0 saturated carbocycles. The lowest BCUT2D eigenvalue weighted by Gasteiger charge is -2.22. The van der Waals surface area contributed by atoms with Crippen LogP contribution in [0.25, 0.3) is 0 Å². The van der Waals surface area contributed by atoms with Gasteiger partial charge in [-0.15, -0.1) is 0 Å². The maximum absolute atomic E-state index is 9.90. The van der Waals surface area contributed by atoms with Gasteiger partial charge in [0, 0.05) is 6.92 Å². The Hall–Kier alpha value is -1.39. The number of aldehydes is 1. The molecule has 0 unspecified atom stereocenters. The minimum absolute atomic E-state index is 0.0258. The van der Waals surface area contributed by atoms with E-state index in [1.807, 2.05) is 0 Å². The van der Waals surface area contributed by atoms with Gasteiger partial charge in [0.2, 0.25) is 5.78 Å². The molecule has 4 atom stereocenters. The van der Waals surface area contributed by atoms with Crippen LogP contribution in [0.4, 0.5) is 0 Å². The van der Waals surface area contributed by atoms with E-state index in [1.54, 1.807) is 0 Å². The monoisotopic (exact) mass is 268 g/mol. The Labute approximate surface area is 102 Å². The maximum Gasteiger partial charge on any atom is 0.371 e. The molecule has 0 aliphatic carbocycles. The summed E-state index contributed by atoms with van der Waals surface area (Å²) in [5.41, 5.74) is 0. The van der Waals surface area contributed by atoms with Crippen LogP contribution >= 0.6 is 0 Å². The third kappa shape index (κ3) is 7.81. The Morgan fingerprint density at radius 3 is 1.72 bits per heavy atom. The van der Waals surface area contributed by atoms with E-state index in [0.717, 1.165) is 6.92 Å². The van der Waals surface area contributed by atoms with Crippen molar-refractivity contribution in [1.29, 1.82) is 0 Å². The molecule has 0 aliphatic heterocycles. The third-order valence-electron chi connectivity index (χ3n) is 1.72. The summed E-state index contributed by atoms with van der Waals surface area (Å²) in [4.78, 5) is 28.8. The predicted molar refractivity (Wildman–Crippen MR) is 55.5 cm³/mol. The fraction of sp³-hybridized carbons (Fsp3) is 0.667. The molecular weight excluding hydrogens is 252 g/mol. The highest BCUT2D eigenvalue weighted by Crippen LogP contribution is 2.02. The lowest BCUT2D eigenvalue weighted by molar-refractivity contribution is -0.148. The number of hydrogen-bond donors (Lipinski definition) is 6. The number of carbonyl (C=O) groups is 3. The highest BCUT2D eigenvalue weighted by Gasteiger charge is 2.29. The number of aliphatic carboxylic acids is 1. The van der Waals surface area contributed by atoms with Crippen LogP contribution in [0, 0.1) is 0 Å². The Kier molecular flexibility index (Phi) is 10.1. The summed E-state index contributed by atoms with van der Waals surface area (Å²) >= 11 is 0. The summed E-state index contributed by atoms with van der Waals surface area (Å²) in [6, 6.07) is 0. The van der Waals surface area contributed by atoms with Gasteiger partial charge < -0.3 is 35.4 Å². The Bertz CT molecular complexity index is 265. The van der Waals surface area contributed by atoms with E-state index in [-0.39, 0.29) is 6.29 Å². The number of carboxylic acids is 1. The van der Waals surface area contributed by atoms with Crippen LogP contribution in [0.15, 0.2) is 0 Å². The summed E-state index contributed by atoms with van der Waals surface area (Å²) in [6.45, 7) is 0.242. The molecule has 6 N–H and O–H groups in total. The predicted octanol–water partition coefficient (Wildman–Crippen LogP) is -3.72. The number of carbonyl (C=O) groups excluding carboxylic acids is 2. The smallest absolute Gasteiger partial charge is 0.371 e. The Morgan fingerprint density at radius 1 is 1.11 bits per heavy atom. The van der Waals surface area contributed by atoms with Crippen LogP contribution in [0.3, 0.4) is 0 Å². The molecule has 9 nitrogen and oxygen atoms in total. The van der Waals surface area contributed by atoms with Crippen LogP contribution in [0.2, 0.25) is 0 Å². The van der Waals surface area contributed by atoms with Gasteiger partial charge in [0.15, 0.2) is 6.29 Å². The topological polar surface area (TPSA) is 173 Å². The summed E-state index contributed by atoms with van der Waals surface area (Å²) in [5.74, 6) is -2.20. The van der Waals surface area contributed by atoms with Crippen LogP contribution in [0.1, 0.15) is 6.92 Å². The summed E-state index contributed by atoms with van der Waals surface area (Å²) < 4.78 is 0. The second kappa shape index (κ2) is 9.62. The molecule has 0 radical (unpaired) electrons. The Morgan fingerprint density at radius 2 is 1.50 bits per heavy atom. The van der Waals surface area contributed by atoms with Gasteiger partial charge in [-0.25, -0.2) is 4.79 Å². The second-order valence-electron chi connectivity index (χ2n) is 3.22. The van der Waals surface area contributed by atoms with E-state index in [1.165, 1.54) is 0 Å². The molecule has 18 heavy (non-hydrogen) atoms. The first-order valence-electron chi connectivity index (χ1n) is 4.71. The molecule has 0 aromatic carbocycles. The van der Waals surface area contributed by atoms with Gasteiger partial charge in [-0.3, -0.25) is 4.79 Å². The fourth-order valence-electron chi connectivity index (χ4n) is 0.618. The van der Waals surface area contributed by atoms with Gasteiger partial charge in [0.05, 0.1) is 6.61 Å². The lowest BCUT2D eigenvalue weighted by atomic mass is 10.0. The summed E-state index contributed by atoms with van der Waals surface area (Å²) in [5, 5.41) is 51.2. The zero-order valence-electron chi connectivity index (χ0n) is 9.50. The van der Waals surface area contributed by atoms with Gasteiger partial charge in [-0.1, -0.05) is 0 Å². The molecule has 0 bridgehead atoms. The van der Waals surface area contributed by atoms with Crippen molar-refractivity contribution in [1.82, 2.24) is 0 Å². The molecule has 0 amide bonds. The zero-order chi connectivity index (χ0) is 14.9. The van der Waals surface area contributed by atoms with Crippen LogP contribution in [-0.4, -0.2) is 79.7 Å². The molecule has 0 heterocycles. The minimum atomic E-state index is -1.79. The van der Waals surface area contributed by atoms with Gasteiger partial charge in [0.1, 0.15) is 24.4 Å². The minimum Gasteiger partial charge on any atom is -0.476 e. The molecule has 0 saturated heterocycles. The number of aliphatic hydroxyl groups is 5. The number of aliphatic hydroxyl groups excluding tert-OH is 5. The molecule has 0 aliphatic rings. The molecule has 106 valence electrons. The first-order valence-corrected chi connectivity index (χ1v) is 4.71. The van der Waals surface area contributed by atoms with E-state index in [2.05, 4.69) is 0 Å². The second-order valence-corrected chi connectivity index (χ2v) is 3.22. The molecule has 0 spiro atoms. The average molecular weight is 268 g/mol. The summed E-state index contributed by atoms with van der Waals surface area (Å²) in [6.07, 6.45) is -6.84. The van der Waals surface area contributed by atoms with Crippen LogP contribution in [0.5, 0.6) is 0 Å². The van der Waals surface area contributed by atoms with Crippen molar-refractivity contribution in [3.63, 3.8) is 0 Å². The van der Waals surface area contributed by atoms with E-state index < -0.39 is 42.8 Å². The van der Waals surface area contributed by atoms with Crippen LogP contribution in [-0.2, 0) is 14.4 Å². The van der Waals surface area contributed by atoms with E-state index >= 15 is 0 Å². The molecule has 9 heteroatoms. The zero-order valence-corrected chi connectivity index (χ0v) is 9.50. The van der Waals surface area contributed by atoms with Crippen molar-refractivity contribution in [2.75, 3.05) is 6.61 Å². The SMILES string of the molecule is CC(=O)C(=O)O.O=C[C@H](O)[C@@H](O)[C@H](O)[C@H](O)CO. The number of rotatable bonds is 6. The van der Waals surface area contributed by atoms with Crippen LogP contribution < -0.4 is 0 Å². The number of ketones is 1. The van der Waals surface area contributed by atoms with Crippen molar-refractivity contribution in [2.45, 2.75) is 31.3 Å². The highest BCUT2D eigenvalue weighted by molar-refractivity contribution is 6.31. The van der Waals surface area contributed by atoms with E-state index in [4.69, 9.17) is 30.6 Å². The van der Waals surface area contributed by atoms with Gasteiger partial charge in [-0.05, 0) is 0 Å². The van der Waals surface area contributed by atoms with Crippen molar-refractivity contribution < 1.29 is 45.0 Å². The number of carboxylic acid groups (broad SMARTS) is 1. The largest absolute Gasteiger partial charge is 0.476 e. The van der Waals surface area contributed by atoms with E-state index in [9.17, 15) is 14.4 Å². The van der Waals surface area contributed by atoms with Crippen molar-refractivity contribution in [3.8, 4) is 0 Å². The maximum atomic E-state index is 9.90. The standard InChI is InChI=1S/C6H12O6.C3H4O3/c7-1-3(9)5(11)6(12)4(10)2-8;1-2(4)3(5)6/h1,3-6,8-12H,2H2;1H3,(H,5,6)/t3-,4+,5+,6+;/m0./s1. The fourth-order valence-corrected chi connectivity index (χ4v) is 0.618. The number of hydrogen-bond acceptors (Lipinski definition) is 8. The van der Waals surface area contributed by atoms with Gasteiger partial charge >= 0.3 is 5.97 Å². The molecular formula is C9H16O9. The first kappa shape index (κ1) is 19.0. The highest BCUT2D eigenvalue weighted by atomic mass is 16.4. The van der Waals surface area contributed by atoms with E-state index in [0.29, 0.717) is 0 Å². The average Bonchev–Trinajstić information content (AvgIpc) is 2.35. The van der Waals surface area contributed by atoms with Crippen molar-refractivity contribution in [3.05, 3.63) is 0 Å². The lowest BCUT2D eigenvalue weighted by Crippen LogP contribution is -2.46. The van der Waals surface area contributed by atoms with Gasteiger partial charge in [-0.2, -0.15) is 0 Å². The molecule has 0 aromatic rings. The molecule has 0 fully saturated rings. The molecule has 0 aromatic heterocycles. The van der Waals surface area contributed by atoms with Crippen molar-refractivity contribution in [2.24, 2.45) is 0 Å². The molecule has 0 rings (SSSR count). The quantitative estimate of drug-likeness (QED) is 0.209. The first-order chi connectivity index (χ1) is 8.18. The van der Waals surface area contributed by atoms with Crippen molar-refractivity contribution >= 4 is 18.0 Å².